The van der Waals surface area contributed by atoms with Gasteiger partial charge in [0.1, 0.15) is 5.82 Å². The number of aromatic nitrogens is 2. The Kier molecular flexibility index (Phi) is 4.80. The molecule has 6 nitrogen and oxygen atoms in total. The van der Waals surface area contributed by atoms with E-state index in [1.165, 1.54) is 19.2 Å². The highest BCUT2D eigenvalue weighted by molar-refractivity contribution is 7.92. The Bertz CT molecular complexity index is 1100. The summed E-state index contributed by atoms with van der Waals surface area (Å²) in [4.78, 5) is 4.50. The van der Waals surface area contributed by atoms with E-state index in [1.54, 1.807) is 12.1 Å². The molecule has 1 aromatic heterocycles. The average Bonchev–Trinajstić information content (AvgIpc) is 3.12. The van der Waals surface area contributed by atoms with Crippen LogP contribution in [0.1, 0.15) is 18.7 Å². The zero-order valence-electron chi connectivity index (χ0n) is 15.4. The van der Waals surface area contributed by atoms with Gasteiger partial charge in [-0.15, -0.1) is 0 Å². The molecule has 1 aliphatic heterocycles. The van der Waals surface area contributed by atoms with Gasteiger partial charge in [-0.3, -0.25) is 4.72 Å². The second-order valence-corrected chi connectivity index (χ2v) is 8.32. The van der Waals surface area contributed by atoms with Crippen molar-refractivity contribution in [2.75, 3.05) is 11.8 Å². The van der Waals surface area contributed by atoms with Gasteiger partial charge >= 0.3 is 0 Å². The Balaban J connectivity index is 1.69. The minimum atomic E-state index is -3.97. The smallest absolute Gasteiger partial charge is 0.262 e. The number of benzene rings is 2. The molecular weight excluding hydrogens is 381 g/mol. The highest BCUT2D eigenvalue weighted by atomic mass is 32.2. The number of ether oxygens (including phenoxy) is 1. The van der Waals surface area contributed by atoms with Crippen LogP contribution in [-0.2, 0) is 23.0 Å². The van der Waals surface area contributed by atoms with Crippen molar-refractivity contribution in [3.05, 3.63) is 60.3 Å². The zero-order valence-corrected chi connectivity index (χ0v) is 16.2. The quantitative estimate of drug-likeness (QED) is 0.705. The second kappa shape index (κ2) is 7.27. The summed E-state index contributed by atoms with van der Waals surface area (Å²) in [5.74, 6) is 0.263. The van der Waals surface area contributed by atoms with Crippen LogP contribution in [0.4, 0.5) is 10.1 Å². The van der Waals surface area contributed by atoms with Gasteiger partial charge < -0.3 is 9.30 Å². The fraction of sp³-hybridized carbons (Fsp3) is 0.250. The molecule has 0 radical (unpaired) electrons. The van der Waals surface area contributed by atoms with Gasteiger partial charge in [-0.25, -0.2) is 17.8 Å². The van der Waals surface area contributed by atoms with Crippen molar-refractivity contribution >= 4 is 15.7 Å². The molecule has 0 aliphatic carbocycles. The third-order valence-electron chi connectivity index (χ3n) is 4.79. The number of para-hydroxylation sites is 1. The van der Waals surface area contributed by atoms with Gasteiger partial charge in [0.25, 0.3) is 10.0 Å². The van der Waals surface area contributed by atoms with Crippen LogP contribution in [0.3, 0.4) is 0 Å². The molecule has 8 heteroatoms. The molecule has 2 aromatic carbocycles. The highest BCUT2D eigenvalue weighted by Gasteiger charge is 2.20. The van der Waals surface area contributed by atoms with Crippen LogP contribution >= 0.6 is 0 Å². The number of sulfonamides is 1. The van der Waals surface area contributed by atoms with Gasteiger partial charge in [0.15, 0.2) is 11.6 Å². The van der Waals surface area contributed by atoms with Gasteiger partial charge in [0.05, 0.1) is 23.4 Å². The van der Waals surface area contributed by atoms with E-state index in [9.17, 15) is 12.8 Å². The molecule has 0 spiro atoms. The van der Waals surface area contributed by atoms with Crippen LogP contribution in [0.2, 0.25) is 0 Å². The van der Waals surface area contributed by atoms with Crippen LogP contribution in [0.5, 0.6) is 5.75 Å². The number of aryl methyl sites for hydroxylation is 2. The summed E-state index contributed by atoms with van der Waals surface area (Å²) in [6.07, 6.45) is 5.08. The Hall–Kier alpha value is -2.87. The number of methoxy groups -OCH3 is 1. The van der Waals surface area contributed by atoms with E-state index in [0.29, 0.717) is 11.3 Å². The molecule has 3 aromatic rings. The van der Waals surface area contributed by atoms with Crippen LogP contribution in [0, 0.1) is 5.82 Å². The standard InChI is InChI=1S/C20H20FN3O3S/c1-27-19-10-9-14(12-16(19)21)28(25,26)23-17-7-3-2-6-15(17)18-13-24-11-5-4-8-20(24)22-18/h2-3,6-7,9-10,12-13,23H,4-5,8,11H2,1H3. The molecule has 0 fully saturated rings. The van der Waals surface area contributed by atoms with E-state index in [4.69, 9.17) is 4.74 Å². The first-order chi connectivity index (χ1) is 13.5. The number of imidazole rings is 1. The molecule has 1 aliphatic rings. The molecule has 0 saturated carbocycles. The normalized spacial score (nSPS) is 13.8. The van der Waals surface area contributed by atoms with Crippen molar-refractivity contribution in [1.29, 1.82) is 0 Å². The first-order valence-corrected chi connectivity index (χ1v) is 10.5. The maximum Gasteiger partial charge on any atom is 0.262 e. The summed E-state index contributed by atoms with van der Waals surface area (Å²) >= 11 is 0. The predicted molar refractivity (Wildman–Crippen MR) is 104 cm³/mol. The lowest BCUT2D eigenvalue weighted by Crippen LogP contribution is -2.14. The lowest BCUT2D eigenvalue weighted by Gasteiger charge is -2.12. The lowest BCUT2D eigenvalue weighted by molar-refractivity contribution is 0.385. The number of rotatable bonds is 5. The van der Waals surface area contributed by atoms with Gasteiger partial charge in [0, 0.05) is 24.7 Å². The van der Waals surface area contributed by atoms with E-state index in [2.05, 4.69) is 14.3 Å². The summed E-state index contributed by atoms with van der Waals surface area (Å²) in [6, 6.07) is 10.6. The number of halogens is 1. The summed E-state index contributed by atoms with van der Waals surface area (Å²) in [7, 11) is -2.65. The summed E-state index contributed by atoms with van der Waals surface area (Å²) in [5, 5.41) is 0. The van der Waals surface area contributed by atoms with Crippen molar-refractivity contribution in [3.8, 4) is 17.0 Å². The summed E-state index contributed by atoms with van der Waals surface area (Å²) in [5.41, 5.74) is 1.80. The number of fused-ring (bicyclic) bond motifs is 1. The summed E-state index contributed by atoms with van der Waals surface area (Å²) in [6.45, 7) is 0.918. The van der Waals surface area contributed by atoms with Gasteiger partial charge in [-0.1, -0.05) is 18.2 Å². The van der Waals surface area contributed by atoms with Crippen molar-refractivity contribution in [2.45, 2.75) is 30.7 Å². The molecule has 4 rings (SSSR count). The van der Waals surface area contributed by atoms with E-state index < -0.39 is 15.8 Å². The molecule has 0 amide bonds. The number of anilines is 1. The Labute approximate surface area is 163 Å². The largest absolute Gasteiger partial charge is 0.494 e. The molecule has 0 unspecified atom stereocenters. The molecular formula is C20H20FN3O3S. The SMILES string of the molecule is COc1ccc(S(=O)(=O)Nc2ccccc2-c2cn3c(n2)CCCC3)cc1F. The van der Waals surface area contributed by atoms with Crippen molar-refractivity contribution in [2.24, 2.45) is 0 Å². The molecule has 2 heterocycles. The monoisotopic (exact) mass is 401 g/mol. The first-order valence-electron chi connectivity index (χ1n) is 9.00. The van der Waals surface area contributed by atoms with Crippen molar-refractivity contribution in [3.63, 3.8) is 0 Å². The van der Waals surface area contributed by atoms with Crippen molar-refractivity contribution < 1.29 is 17.5 Å². The maximum atomic E-state index is 14.0. The van der Waals surface area contributed by atoms with Crippen LogP contribution in [0.15, 0.2) is 53.6 Å². The van der Waals surface area contributed by atoms with Gasteiger partial charge in [-0.2, -0.15) is 0 Å². The maximum absolute atomic E-state index is 14.0. The lowest BCUT2D eigenvalue weighted by atomic mass is 10.1. The Morgan fingerprint density at radius 2 is 2.00 bits per heavy atom. The minimum absolute atomic E-state index is 0.0112. The molecule has 28 heavy (non-hydrogen) atoms. The second-order valence-electron chi connectivity index (χ2n) is 6.64. The van der Waals surface area contributed by atoms with E-state index >= 15 is 0 Å². The Morgan fingerprint density at radius 1 is 1.18 bits per heavy atom. The number of hydrogen-bond donors (Lipinski definition) is 1. The zero-order chi connectivity index (χ0) is 19.7. The molecule has 0 bridgehead atoms. The average molecular weight is 401 g/mol. The molecule has 146 valence electrons. The van der Waals surface area contributed by atoms with E-state index in [-0.39, 0.29) is 10.6 Å². The molecule has 0 saturated heterocycles. The Morgan fingerprint density at radius 3 is 2.75 bits per heavy atom. The highest BCUT2D eigenvalue weighted by Crippen LogP contribution is 2.31. The van der Waals surface area contributed by atoms with Crippen molar-refractivity contribution in [1.82, 2.24) is 9.55 Å². The number of nitrogens with one attached hydrogen (secondary N) is 1. The predicted octanol–water partition coefficient (Wildman–Crippen LogP) is 3.83. The summed E-state index contributed by atoms with van der Waals surface area (Å²) < 4.78 is 49.1. The third-order valence-corrected chi connectivity index (χ3v) is 6.15. The fourth-order valence-corrected chi connectivity index (χ4v) is 4.45. The van der Waals surface area contributed by atoms with Crippen LogP contribution in [-0.4, -0.2) is 25.1 Å². The number of nitrogens with zero attached hydrogens (tertiary/aromatic N) is 2. The minimum Gasteiger partial charge on any atom is -0.494 e. The topological polar surface area (TPSA) is 73.2 Å². The number of hydrogen-bond acceptors (Lipinski definition) is 4. The van der Waals surface area contributed by atoms with Gasteiger partial charge in [-0.05, 0) is 37.1 Å². The van der Waals surface area contributed by atoms with Crippen LogP contribution < -0.4 is 9.46 Å². The van der Waals surface area contributed by atoms with Crippen LogP contribution in [0.25, 0.3) is 11.3 Å². The van der Waals surface area contributed by atoms with Gasteiger partial charge in [0.2, 0.25) is 0 Å². The third kappa shape index (κ3) is 3.47. The van der Waals surface area contributed by atoms with E-state index in [1.807, 2.05) is 18.3 Å². The first kappa shape index (κ1) is 18.5. The van der Waals surface area contributed by atoms with E-state index in [0.717, 1.165) is 43.4 Å². The molecule has 1 N–H and O–H groups in total. The molecule has 0 atom stereocenters. The fourth-order valence-electron chi connectivity index (χ4n) is 3.36.